The summed E-state index contributed by atoms with van der Waals surface area (Å²) < 4.78 is 26.8. The molecule has 110 valence electrons. The maximum absolute atomic E-state index is 13.8. The third-order valence-corrected chi connectivity index (χ3v) is 5.34. The highest BCUT2D eigenvalue weighted by Gasteiger charge is 2.26. The number of nitrogens with two attached hydrogens (primary N) is 1. The molecule has 2 atom stereocenters. The van der Waals surface area contributed by atoms with Crippen LogP contribution in [0.15, 0.2) is 47.4 Å². The summed E-state index contributed by atoms with van der Waals surface area (Å²) in [6.45, 7) is 0. The Morgan fingerprint density at radius 3 is 2.71 bits per heavy atom. The lowest BCUT2D eigenvalue weighted by molar-refractivity contribution is 0.563. The molecule has 0 radical (unpaired) electrons. The van der Waals surface area contributed by atoms with Gasteiger partial charge in [0.05, 0.1) is 0 Å². The predicted octanol–water partition coefficient (Wildman–Crippen LogP) is 4.46. The highest BCUT2D eigenvalue weighted by atomic mass is 32.2. The Hall–Kier alpha value is -1.39. The molecule has 0 aliphatic heterocycles. The van der Waals surface area contributed by atoms with Crippen LogP contribution in [-0.2, 0) is 6.42 Å². The zero-order valence-corrected chi connectivity index (χ0v) is 12.4. The normalized spacial score (nSPS) is 21.7. The van der Waals surface area contributed by atoms with Gasteiger partial charge in [0.2, 0.25) is 0 Å². The SMILES string of the molecule is NC1c2ccccc2CCCC1Sc1ccc(F)cc1F. The van der Waals surface area contributed by atoms with Crippen molar-refractivity contribution < 1.29 is 8.78 Å². The van der Waals surface area contributed by atoms with Gasteiger partial charge in [0.25, 0.3) is 0 Å². The second-order valence-electron chi connectivity index (χ2n) is 5.35. The van der Waals surface area contributed by atoms with Crippen molar-refractivity contribution in [3.05, 3.63) is 65.2 Å². The van der Waals surface area contributed by atoms with Gasteiger partial charge in [0.15, 0.2) is 0 Å². The minimum atomic E-state index is -0.549. The van der Waals surface area contributed by atoms with Crippen LogP contribution >= 0.6 is 11.8 Å². The van der Waals surface area contributed by atoms with Crippen LogP contribution in [0.1, 0.15) is 30.0 Å². The van der Waals surface area contributed by atoms with Crippen LogP contribution in [0.25, 0.3) is 0 Å². The third kappa shape index (κ3) is 3.11. The number of hydrogen-bond acceptors (Lipinski definition) is 2. The number of hydrogen-bond donors (Lipinski definition) is 1. The number of fused-ring (bicyclic) bond motifs is 1. The van der Waals surface area contributed by atoms with E-state index in [1.165, 1.54) is 29.5 Å². The number of halogens is 2. The summed E-state index contributed by atoms with van der Waals surface area (Å²) in [7, 11) is 0. The number of benzene rings is 2. The zero-order valence-electron chi connectivity index (χ0n) is 11.6. The fraction of sp³-hybridized carbons (Fsp3) is 0.294. The van der Waals surface area contributed by atoms with Crippen molar-refractivity contribution in [3.8, 4) is 0 Å². The average Bonchev–Trinajstić information content (AvgIpc) is 2.63. The lowest BCUT2D eigenvalue weighted by Crippen LogP contribution is -2.23. The van der Waals surface area contributed by atoms with Gasteiger partial charge < -0.3 is 5.73 Å². The van der Waals surface area contributed by atoms with Crippen LogP contribution < -0.4 is 5.73 Å². The largest absolute Gasteiger partial charge is 0.323 e. The molecule has 2 aromatic carbocycles. The Morgan fingerprint density at radius 1 is 1.10 bits per heavy atom. The maximum atomic E-state index is 13.8. The number of aryl methyl sites for hydroxylation is 1. The smallest absolute Gasteiger partial charge is 0.139 e. The zero-order chi connectivity index (χ0) is 14.8. The first kappa shape index (κ1) is 14.5. The lowest BCUT2D eigenvalue weighted by Gasteiger charge is -2.22. The average molecular weight is 305 g/mol. The third-order valence-electron chi connectivity index (χ3n) is 3.92. The van der Waals surface area contributed by atoms with Crippen LogP contribution in [0.5, 0.6) is 0 Å². The van der Waals surface area contributed by atoms with E-state index in [2.05, 4.69) is 12.1 Å². The summed E-state index contributed by atoms with van der Waals surface area (Å²) in [5, 5.41) is 0.105. The topological polar surface area (TPSA) is 26.0 Å². The van der Waals surface area contributed by atoms with Crippen molar-refractivity contribution in [1.82, 2.24) is 0 Å². The molecule has 1 aliphatic carbocycles. The maximum Gasteiger partial charge on any atom is 0.139 e. The van der Waals surface area contributed by atoms with Crippen molar-refractivity contribution in [2.24, 2.45) is 5.73 Å². The molecule has 2 aromatic rings. The van der Waals surface area contributed by atoms with E-state index in [4.69, 9.17) is 5.73 Å². The van der Waals surface area contributed by atoms with Gasteiger partial charge in [-0.1, -0.05) is 24.3 Å². The highest BCUT2D eigenvalue weighted by Crippen LogP contribution is 2.38. The van der Waals surface area contributed by atoms with Gasteiger partial charge in [0, 0.05) is 22.3 Å². The van der Waals surface area contributed by atoms with Crippen molar-refractivity contribution in [3.63, 3.8) is 0 Å². The molecule has 21 heavy (non-hydrogen) atoms. The highest BCUT2D eigenvalue weighted by molar-refractivity contribution is 8.00. The Labute approximate surface area is 127 Å². The van der Waals surface area contributed by atoms with Gasteiger partial charge in [-0.05, 0) is 42.5 Å². The van der Waals surface area contributed by atoms with Crippen LogP contribution in [0.3, 0.4) is 0 Å². The molecular weight excluding hydrogens is 288 g/mol. The van der Waals surface area contributed by atoms with Gasteiger partial charge in [-0.15, -0.1) is 11.8 Å². The molecule has 0 fully saturated rings. The predicted molar refractivity (Wildman–Crippen MR) is 82.3 cm³/mol. The van der Waals surface area contributed by atoms with Crippen molar-refractivity contribution in [1.29, 1.82) is 0 Å². The Balaban J connectivity index is 1.86. The second kappa shape index (κ2) is 6.16. The molecule has 2 unspecified atom stereocenters. The summed E-state index contributed by atoms with van der Waals surface area (Å²) >= 11 is 1.42. The van der Waals surface area contributed by atoms with Gasteiger partial charge in [0.1, 0.15) is 11.6 Å². The van der Waals surface area contributed by atoms with Crippen LogP contribution in [-0.4, -0.2) is 5.25 Å². The molecule has 1 aliphatic rings. The van der Waals surface area contributed by atoms with Crippen LogP contribution in [0.4, 0.5) is 8.78 Å². The molecule has 0 bridgehead atoms. The number of rotatable bonds is 2. The van der Waals surface area contributed by atoms with Crippen LogP contribution in [0, 0.1) is 11.6 Å². The first-order valence-corrected chi connectivity index (χ1v) is 7.98. The minimum absolute atomic E-state index is 0.105. The van der Waals surface area contributed by atoms with E-state index in [-0.39, 0.29) is 11.3 Å². The fourth-order valence-corrected chi connectivity index (χ4v) is 4.05. The van der Waals surface area contributed by atoms with Crippen molar-refractivity contribution in [2.45, 2.75) is 35.4 Å². The summed E-state index contributed by atoms with van der Waals surface area (Å²) in [6, 6.07) is 11.8. The molecule has 1 nitrogen and oxygen atoms in total. The van der Waals surface area contributed by atoms with E-state index in [9.17, 15) is 8.78 Å². The Kier molecular flexibility index (Phi) is 4.27. The van der Waals surface area contributed by atoms with E-state index in [0.29, 0.717) is 4.90 Å². The van der Waals surface area contributed by atoms with Gasteiger partial charge in [-0.2, -0.15) is 0 Å². The monoisotopic (exact) mass is 305 g/mol. The van der Waals surface area contributed by atoms with Gasteiger partial charge in [-0.25, -0.2) is 8.78 Å². The summed E-state index contributed by atoms with van der Waals surface area (Å²) in [5.74, 6) is -1.06. The summed E-state index contributed by atoms with van der Waals surface area (Å²) in [4.78, 5) is 0.469. The van der Waals surface area contributed by atoms with Gasteiger partial charge in [-0.3, -0.25) is 0 Å². The Morgan fingerprint density at radius 2 is 1.90 bits per heavy atom. The summed E-state index contributed by atoms with van der Waals surface area (Å²) in [6.07, 6.45) is 2.97. The molecule has 0 saturated carbocycles. The fourth-order valence-electron chi connectivity index (χ4n) is 2.83. The lowest BCUT2D eigenvalue weighted by atomic mass is 10.00. The van der Waals surface area contributed by atoms with Crippen molar-refractivity contribution >= 4 is 11.8 Å². The molecule has 0 heterocycles. The number of thioether (sulfide) groups is 1. The molecular formula is C17H17F2NS. The van der Waals surface area contributed by atoms with E-state index >= 15 is 0 Å². The van der Waals surface area contributed by atoms with E-state index in [1.807, 2.05) is 12.1 Å². The van der Waals surface area contributed by atoms with E-state index in [1.54, 1.807) is 0 Å². The second-order valence-corrected chi connectivity index (χ2v) is 6.63. The first-order chi connectivity index (χ1) is 10.1. The standard InChI is InChI=1S/C17H17F2NS/c18-12-8-9-15(14(19)10-12)21-16-7-3-5-11-4-1-2-6-13(11)17(16)20/h1-2,4,6,8-10,16-17H,3,5,7,20H2. The molecule has 2 N–H and O–H groups in total. The molecule has 0 amide bonds. The quantitative estimate of drug-likeness (QED) is 0.829. The first-order valence-electron chi connectivity index (χ1n) is 7.10. The molecule has 3 rings (SSSR count). The molecule has 0 saturated heterocycles. The van der Waals surface area contributed by atoms with E-state index in [0.717, 1.165) is 30.9 Å². The van der Waals surface area contributed by atoms with Crippen LogP contribution in [0.2, 0.25) is 0 Å². The molecule has 4 heteroatoms. The molecule has 0 aromatic heterocycles. The van der Waals surface area contributed by atoms with Gasteiger partial charge >= 0.3 is 0 Å². The minimum Gasteiger partial charge on any atom is -0.323 e. The molecule has 0 spiro atoms. The Bertz CT molecular complexity index is 644. The summed E-state index contributed by atoms with van der Waals surface area (Å²) in [5.41, 5.74) is 8.83. The van der Waals surface area contributed by atoms with E-state index < -0.39 is 11.6 Å². The van der Waals surface area contributed by atoms with Crippen molar-refractivity contribution in [2.75, 3.05) is 0 Å².